The van der Waals surface area contributed by atoms with Crippen molar-refractivity contribution < 1.29 is 18.8 Å². The summed E-state index contributed by atoms with van der Waals surface area (Å²) >= 11 is 0. The maximum Gasteiger partial charge on any atom is 0.525 e. The molecule has 0 aromatic heterocycles. The Kier molecular flexibility index (Phi) is 4.31. The van der Waals surface area contributed by atoms with Crippen molar-refractivity contribution in [1.82, 2.24) is 4.90 Å². The summed E-state index contributed by atoms with van der Waals surface area (Å²) < 4.78 is 25.9. The average molecular weight is 285 g/mol. The summed E-state index contributed by atoms with van der Waals surface area (Å²) in [7, 11) is -0.924. The van der Waals surface area contributed by atoms with Gasteiger partial charge in [-0.15, -0.1) is 0 Å². The van der Waals surface area contributed by atoms with Gasteiger partial charge in [-0.05, 0) is 46.6 Å². The standard InChI is InChI=1S/C14H25BFNO3/c1-10(8-17-7-6-11(18)9-17)12(16)15-19-13(2,3)14(4,5)20-15/h11,18H,6-9H2,1-5H3. The van der Waals surface area contributed by atoms with Crippen LogP contribution >= 0.6 is 0 Å². The lowest BCUT2D eigenvalue weighted by Gasteiger charge is -2.32. The highest BCUT2D eigenvalue weighted by molar-refractivity contribution is 6.53. The van der Waals surface area contributed by atoms with Crippen LogP contribution in [0, 0.1) is 0 Å². The van der Waals surface area contributed by atoms with Crippen LogP contribution in [0.5, 0.6) is 0 Å². The zero-order valence-electron chi connectivity index (χ0n) is 13.1. The lowest BCUT2D eigenvalue weighted by molar-refractivity contribution is 0.00578. The van der Waals surface area contributed by atoms with Crippen LogP contribution < -0.4 is 0 Å². The summed E-state index contributed by atoms with van der Waals surface area (Å²) in [6, 6.07) is 0. The third kappa shape index (κ3) is 3.08. The number of β-amino-alcohol motifs (C(OH)–C–C–N with tert-alkyl or cyclic N) is 1. The molecule has 6 heteroatoms. The Bertz CT molecular complexity index is 395. The number of hydrogen-bond donors (Lipinski definition) is 1. The molecule has 0 bridgehead atoms. The minimum Gasteiger partial charge on any atom is -0.398 e. The van der Waals surface area contributed by atoms with Crippen molar-refractivity contribution in [1.29, 1.82) is 0 Å². The van der Waals surface area contributed by atoms with Crippen molar-refractivity contribution in [2.75, 3.05) is 19.6 Å². The molecule has 0 aromatic carbocycles. The number of rotatable bonds is 3. The van der Waals surface area contributed by atoms with Gasteiger partial charge in [0, 0.05) is 19.6 Å². The molecule has 0 aliphatic carbocycles. The first-order chi connectivity index (χ1) is 9.12. The minimum atomic E-state index is -0.924. The first kappa shape index (κ1) is 16.0. The summed E-state index contributed by atoms with van der Waals surface area (Å²) in [6.45, 7) is 11.3. The highest BCUT2D eigenvalue weighted by Crippen LogP contribution is 2.39. The van der Waals surface area contributed by atoms with E-state index in [1.165, 1.54) is 0 Å². The fraction of sp³-hybridized carbons (Fsp3) is 0.857. The molecule has 2 rings (SSSR count). The maximum absolute atomic E-state index is 14.5. The van der Waals surface area contributed by atoms with Crippen LogP contribution in [-0.4, -0.2) is 54.1 Å². The second-order valence-electron chi connectivity index (χ2n) is 6.89. The van der Waals surface area contributed by atoms with Crippen LogP contribution in [0.3, 0.4) is 0 Å². The van der Waals surface area contributed by atoms with Gasteiger partial charge in [-0.1, -0.05) is 0 Å². The Labute approximate surface area is 121 Å². The highest BCUT2D eigenvalue weighted by Gasteiger charge is 2.53. The predicted molar refractivity (Wildman–Crippen MR) is 77.0 cm³/mol. The summed E-state index contributed by atoms with van der Waals surface area (Å²) in [5.41, 5.74) is -0.791. The third-order valence-corrected chi connectivity index (χ3v) is 4.58. The smallest absolute Gasteiger partial charge is 0.398 e. The number of aliphatic hydroxyl groups excluding tert-OH is 1. The van der Waals surface area contributed by atoms with E-state index in [0.717, 1.165) is 13.0 Å². The van der Waals surface area contributed by atoms with Crippen LogP contribution in [0.25, 0.3) is 0 Å². The van der Waals surface area contributed by atoms with Crippen molar-refractivity contribution >= 4 is 7.12 Å². The van der Waals surface area contributed by atoms with Gasteiger partial charge in [0.1, 0.15) is 5.73 Å². The van der Waals surface area contributed by atoms with Crippen molar-refractivity contribution in [2.45, 2.75) is 58.3 Å². The number of halogens is 1. The van der Waals surface area contributed by atoms with Crippen molar-refractivity contribution in [3.8, 4) is 0 Å². The van der Waals surface area contributed by atoms with Gasteiger partial charge in [-0.25, -0.2) is 4.39 Å². The summed E-state index contributed by atoms with van der Waals surface area (Å²) in [5, 5.41) is 9.50. The normalized spacial score (nSPS) is 30.8. The first-order valence-electron chi connectivity index (χ1n) is 7.23. The predicted octanol–water partition coefficient (Wildman–Crippen LogP) is 1.93. The van der Waals surface area contributed by atoms with Gasteiger partial charge >= 0.3 is 7.12 Å². The fourth-order valence-corrected chi connectivity index (χ4v) is 2.51. The van der Waals surface area contributed by atoms with Crippen LogP contribution in [-0.2, 0) is 9.31 Å². The fourth-order valence-electron chi connectivity index (χ4n) is 2.51. The van der Waals surface area contributed by atoms with Gasteiger partial charge in [0.25, 0.3) is 0 Å². The molecule has 2 aliphatic rings. The van der Waals surface area contributed by atoms with Crippen molar-refractivity contribution in [3.63, 3.8) is 0 Å². The number of aliphatic hydroxyl groups is 1. The third-order valence-electron chi connectivity index (χ3n) is 4.58. The van der Waals surface area contributed by atoms with E-state index in [2.05, 4.69) is 0 Å². The lowest BCUT2D eigenvalue weighted by atomic mass is 9.85. The molecular formula is C14H25BFNO3. The van der Waals surface area contributed by atoms with E-state index >= 15 is 0 Å². The van der Waals surface area contributed by atoms with Crippen molar-refractivity contribution in [2.24, 2.45) is 0 Å². The molecular weight excluding hydrogens is 260 g/mol. The molecule has 1 N–H and O–H groups in total. The number of hydrogen-bond acceptors (Lipinski definition) is 4. The average Bonchev–Trinajstić information content (AvgIpc) is 2.80. The van der Waals surface area contributed by atoms with Gasteiger partial charge in [0.15, 0.2) is 0 Å². The SMILES string of the molecule is CC(CN1CCC(O)C1)=C(F)B1OC(C)(C)C(C)(C)O1. The molecule has 0 amide bonds. The second-order valence-corrected chi connectivity index (χ2v) is 6.89. The van der Waals surface area contributed by atoms with Crippen LogP contribution in [0.2, 0.25) is 0 Å². The zero-order valence-corrected chi connectivity index (χ0v) is 13.1. The molecule has 0 spiro atoms. The quantitative estimate of drug-likeness (QED) is 0.805. The van der Waals surface area contributed by atoms with E-state index in [0.29, 0.717) is 18.7 Å². The van der Waals surface area contributed by atoms with E-state index in [4.69, 9.17) is 9.31 Å². The molecule has 1 atom stereocenters. The molecule has 2 aliphatic heterocycles. The van der Waals surface area contributed by atoms with Gasteiger partial charge in [0.2, 0.25) is 0 Å². The molecule has 20 heavy (non-hydrogen) atoms. The van der Waals surface area contributed by atoms with Gasteiger partial charge in [-0.3, -0.25) is 4.90 Å². The Balaban J connectivity index is 2.03. The second kappa shape index (κ2) is 5.41. The Morgan fingerprint density at radius 2 is 1.85 bits per heavy atom. The lowest BCUT2D eigenvalue weighted by Crippen LogP contribution is -2.41. The van der Waals surface area contributed by atoms with E-state index in [1.807, 2.05) is 32.6 Å². The molecule has 0 radical (unpaired) electrons. The van der Waals surface area contributed by atoms with E-state index in [1.54, 1.807) is 6.92 Å². The molecule has 0 saturated carbocycles. The van der Waals surface area contributed by atoms with Crippen LogP contribution in [0.4, 0.5) is 4.39 Å². The molecule has 4 nitrogen and oxygen atoms in total. The zero-order chi connectivity index (χ0) is 15.1. The topological polar surface area (TPSA) is 41.9 Å². The molecule has 1 unspecified atom stereocenters. The maximum atomic E-state index is 14.5. The minimum absolute atomic E-state index is 0.289. The van der Waals surface area contributed by atoms with E-state index in [-0.39, 0.29) is 11.8 Å². The number of nitrogens with zero attached hydrogens (tertiary/aromatic N) is 1. The van der Waals surface area contributed by atoms with E-state index < -0.39 is 18.3 Å². The van der Waals surface area contributed by atoms with Crippen LogP contribution in [0.15, 0.2) is 11.3 Å². The Hall–Kier alpha value is -0.425. The summed E-state index contributed by atoms with van der Waals surface area (Å²) in [6.07, 6.45) is 0.466. The van der Waals surface area contributed by atoms with E-state index in [9.17, 15) is 9.50 Å². The molecule has 0 aromatic rings. The van der Waals surface area contributed by atoms with Crippen molar-refractivity contribution in [3.05, 3.63) is 11.3 Å². The molecule has 2 heterocycles. The molecule has 2 saturated heterocycles. The summed E-state index contributed by atoms with van der Waals surface area (Å²) in [5.74, 6) is 0. The van der Waals surface area contributed by atoms with Gasteiger partial charge in [0.05, 0.1) is 17.3 Å². The highest BCUT2D eigenvalue weighted by atomic mass is 19.1. The largest absolute Gasteiger partial charge is 0.525 e. The molecule has 2 fully saturated rings. The Morgan fingerprint density at radius 3 is 2.30 bits per heavy atom. The monoisotopic (exact) mass is 285 g/mol. The first-order valence-corrected chi connectivity index (χ1v) is 7.23. The Morgan fingerprint density at radius 1 is 1.30 bits per heavy atom. The van der Waals surface area contributed by atoms with Gasteiger partial charge < -0.3 is 14.4 Å². The van der Waals surface area contributed by atoms with Crippen LogP contribution in [0.1, 0.15) is 41.0 Å². The number of likely N-dealkylation sites (tertiary alicyclic amines) is 1. The van der Waals surface area contributed by atoms with Gasteiger partial charge in [-0.2, -0.15) is 0 Å². The summed E-state index contributed by atoms with van der Waals surface area (Å²) in [4.78, 5) is 2.05. The molecule has 114 valence electrons.